The van der Waals surface area contributed by atoms with E-state index in [1.165, 1.54) is 0 Å². The molecule has 5 heteroatoms. The third-order valence-corrected chi connectivity index (χ3v) is 2.27. The van der Waals surface area contributed by atoms with E-state index in [1.807, 2.05) is 11.6 Å². The summed E-state index contributed by atoms with van der Waals surface area (Å²) in [6.07, 6.45) is 1.92. The summed E-state index contributed by atoms with van der Waals surface area (Å²) in [6, 6.07) is 0. The summed E-state index contributed by atoms with van der Waals surface area (Å²) in [4.78, 5) is 4.23. The van der Waals surface area contributed by atoms with E-state index in [-0.39, 0.29) is 6.10 Å². The van der Waals surface area contributed by atoms with E-state index in [2.05, 4.69) is 29.2 Å². The van der Waals surface area contributed by atoms with E-state index >= 15 is 0 Å². The van der Waals surface area contributed by atoms with E-state index < -0.39 is 0 Å². The van der Waals surface area contributed by atoms with Gasteiger partial charge in [-0.2, -0.15) is 5.10 Å². The first-order valence-electron chi connectivity index (χ1n) is 5.73. The predicted molar refractivity (Wildman–Crippen MR) is 63.0 cm³/mol. The molecule has 0 saturated heterocycles. The molecular weight excluding hydrogens is 204 g/mol. The number of hydrogen-bond donors (Lipinski definition) is 1. The van der Waals surface area contributed by atoms with Crippen LogP contribution >= 0.6 is 0 Å². The summed E-state index contributed by atoms with van der Waals surface area (Å²) in [5, 5.41) is 7.67. The van der Waals surface area contributed by atoms with Crippen LogP contribution in [0.2, 0.25) is 0 Å². The minimum absolute atomic E-state index is 0.165. The van der Waals surface area contributed by atoms with Gasteiger partial charge in [-0.05, 0) is 19.4 Å². The first kappa shape index (κ1) is 13.1. The van der Waals surface area contributed by atoms with Crippen molar-refractivity contribution in [2.45, 2.75) is 40.0 Å². The van der Waals surface area contributed by atoms with E-state index in [0.29, 0.717) is 5.92 Å². The van der Waals surface area contributed by atoms with Gasteiger partial charge >= 0.3 is 0 Å². The number of methoxy groups -OCH3 is 1. The number of ether oxygens (including phenoxy) is 1. The second kappa shape index (κ2) is 6.60. The molecule has 1 aromatic rings. The van der Waals surface area contributed by atoms with Gasteiger partial charge < -0.3 is 10.1 Å². The zero-order valence-corrected chi connectivity index (χ0v) is 10.6. The maximum atomic E-state index is 5.17. The van der Waals surface area contributed by atoms with Crippen molar-refractivity contribution in [2.75, 3.05) is 13.7 Å². The monoisotopic (exact) mass is 226 g/mol. The standard InChI is InChI=1S/C11H22N4O/c1-9(2)5-12-6-11-13-8-15(14-11)7-10(3)16-4/h8-10,12H,5-7H2,1-4H3. The molecule has 0 amide bonds. The average molecular weight is 226 g/mol. The van der Waals surface area contributed by atoms with Gasteiger partial charge in [0.1, 0.15) is 6.33 Å². The minimum atomic E-state index is 0.165. The van der Waals surface area contributed by atoms with Crippen molar-refractivity contribution in [2.24, 2.45) is 5.92 Å². The molecule has 0 aromatic carbocycles. The second-order valence-corrected chi connectivity index (χ2v) is 4.45. The van der Waals surface area contributed by atoms with Gasteiger partial charge in [0, 0.05) is 7.11 Å². The normalized spacial score (nSPS) is 13.3. The van der Waals surface area contributed by atoms with E-state index in [4.69, 9.17) is 4.74 Å². The molecule has 0 bridgehead atoms. The van der Waals surface area contributed by atoms with Crippen LogP contribution in [0.1, 0.15) is 26.6 Å². The zero-order valence-electron chi connectivity index (χ0n) is 10.6. The molecule has 0 aliphatic heterocycles. The lowest BCUT2D eigenvalue weighted by molar-refractivity contribution is 0.0996. The maximum Gasteiger partial charge on any atom is 0.164 e. The largest absolute Gasteiger partial charge is 0.380 e. The van der Waals surface area contributed by atoms with Crippen LogP contribution in [-0.2, 0) is 17.8 Å². The Kier molecular flexibility index (Phi) is 5.42. The molecule has 5 nitrogen and oxygen atoms in total. The summed E-state index contributed by atoms with van der Waals surface area (Å²) in [5.41, 5.74) is 0. The fourth-order valence-electron chi connectivity index (χ4n) is 1.31. The fraction of sp³-hybridized carbons (Fsp3) is 0.818. The Morgan fingerprint density at radius 3 is 2.81 bits per heavy atom. The first-order valence-corrected chi connectivity index (χ1v) is 5.73. The lowest BCUT2D eigenvalue weighted by Gasteiger charge is -2.08. The van der Waals surface area contributed by atoms with Crippen LogP contribution in [-0.4, -0.2) is 34.5 Å². The molecular formula is C11H22N4O. The molecule has 1 rings (SSSR count). The molecule has 0 saturated carbocycles. The Bertz CT molecular complexity index is 298. The Morgan fingerprint density at radius 2 is 2.19 bits per heavy atom. The topological polar surface area (TPSA) is 52.0 Å². The fourth-order valence-corrected chi connectivity index (χ4v) is 1.31. The van der Waals surface area contributed by atoms with Crippen LogP contribution in [0, 0.1) is 5.92 Å². The zero-order chi connectivity index (χ0) is 12.0. The predicted octanol–water partition coefficient (Wildman–Crippen LogP) is 1.06. The molecule has 16 heavy (non-hydrogen) atoms. The van der Waals surface area contributed by atoms with E-state index in [9.17, 15) is 0 Å². The highest BCUT2D eigenvalue weighted by atomic mass is 16.5. The second-order valence-electron chi connectivity index (χ2n) is 4.45. The summed E-state index contributed by atoms with van der Waals surface area (Å²) < 4.78 is 6.99. The number of aromatic nitrogens is 3. The molecule has 92 valence electrons. The van der Waals surface area contributed by atoms with Gasteiger partial charge in [0.05, 0.1) is 19.2 Å². The molecule has 1 unspecified atom stereocenters. The molecule has 0 aliphatic rings. The highest BCUT2D eigenvalue weighted by Crippen LogP contribution is 1.96. The van der Waals surface area contributed by atoms with Crippen molar-refractivity contribution in [1.29, 1.82) is 0 Å². The van der Waals surface area contributed by atoms with Crippen LogP contribution in [0.5, 0.6) is 0 Å². The number of rotatable bonds is 7. The number of hydrogen-bond acceptors (Lipinski definition) is 4. The van der Waals surface area contributed by atoms with Gasteiger partial charge in [0.25, 0.3) is 0 Å². The Hall–Kier alpha value is -0.940. The quantitative estimate of drug-likeness (QED) is 0.755. The van der Waals surface area contributed by atoms with Crippen LogP contribution in [0.15, 0.2) is 6.33 Å². The maximum absolute atomic E-state index is 5.17. The third-order valence-electron chi connectivity index (χ3n) is 2.27. The van der Waals surface area contributed by atoms with Gasteiger partial charge in [0.2, 0.25) is 0 Å². The molecule has 1 N–H and O–H groups in total. The SMILES string of the molecule is COC(C)Cn1cnc(CNCC(C)C)n1. The van der Waals surface area contributed by atoms with Crippen molar-refractivity contribution in [3.8, 4) is 0 Å². The highest BCUT2D eigenvalue weighted by molar-refractivity contribution is 4.81. The molecule has 0 radical (unpaired) electrons. The van der Waals surface area contributed by atoms with Crippen molar-refractivity contribution >= 4 is 0 Å². The molecule has 0 fully saturated rings. The third kappa shape index (κ3) is 4.72. The summed E-state index contributed by atoms with van der Waals surface area (Å²) in [6.45, 7) is 8.83. The van der Waals surface area contributed by atoms with Crippen molar-refractivity contribution < 1.29 is 4.74 Å². The smallest absolute Gasteiger partial charge is 0.164 e. The number of nitrogens with zero attached hydrogens (tertiary/aromatic N) is 3. The van der Waals surface area contributed by atoms with Gasteiger partial charge in [-0.15, -0.1) is 0 Å². The van der Waals surface area contributed by atoms with Gasteiger partial charge in [-0.3, -0.25) is 4.68 Å². The van der Waals surface area contributed by atoms with E-state index in [0.717, 1.165) is 25.5 Å². The minimum Gasteiger partial charge on any atom is -0.380 e. The van der Waals surface area contributed by atoms with Crippen molar-refractivity contribution in [1.82, 2.24) is 20.1 Å². The van der Waals surface area contributed by atoms with Crippen molar-refractivity contribution in [3.05, 3.63) is 12.2 Å². The first-order chi connectivity index (χ1) is 7.61. The summed E-state index contributed by atoms with van der Waals surface area (Å²) in [5.74, 6) is 1.49. The summed E-state index contributed by atoms with van der Waals surface area (Å²) in [7, 11) is 1.70. The highest BCUT2D eigenvalue weighted by Gasteiger charge is 2.04. The van der Waals surface area contributed by atoms with Gasteiger partial charge in [0.15, 0.2) is 5.82 Å². The molecule has 1 aromatic heterocycles. The molecule has 0 aliphatic carbocycles. The van der Waals surface area contributed by atoms with E-state index in [1.54, 1.807) is 13.4 Å². The van der Waals surface area contributed by atoms with Crippen molar-refractivity contribution in [3.63, 3.8) is 0 Å². The van der Waals surface area contributed by atoms with Crippen LogP contribution in [0.3, 0.4) is 0 Å². The summed E-state index contributed by atoms with van der Waals surface area (Å²) >= 11 is 0. The van der Waals surface area contributed by atoms with Gasteiger partial charge in [-0.1, -0.05) is 13.8 Å². The Labute approximate surface area is 97.2 Å². The molecule has 1 heterocycles. The average Bonchev–Trinajstić information content (AvgIpc) is 2.65. The van der Waals surface area contributed by atoms with Crippen LogP contribution < -0.4 is 5.32 Å². The number of nitrogens with one attached hydrogen (secondary N) is 1. The lowest BCUT2D eigenvalue weighted by Crippen LogP contribution is -2.20. The van der Waals surface area contributed by atoms with Crippen LogP contribution in [0.4, 0.5) is 0 Å². The van der Waals surface area contributed by atoms with Crippen LogP contribution in [0.25, 0.3) is 0 Å². The molecule has 1 atom stereocenters. The Morgan fingerprint density at radius 1 is 1.44 bits per heavy atom. The molecule has 0 spiro atoms. The lowest BCUT2D eigenvalue weighted by atomic mass is 10.2. The van der Waals surface area contributed by atoms with Gasteiger partial charge in [-0.25, -0.2) is 4.98 Å². The Balaban J connectivity index is 2.33.